The molecule has 0 saturated heterocycles. The van der Waals surface area contributed by atoms with Crippen molar-refractivity contribution in [3.63, 3.8) is 0 Å². The van der Waals surface area contributed by atoms with Crippen molar-refractivity contribution in [2.45, 2.75) is 31.7 Å². The molecule has 1 nitrogen and oxygen atoms in total. The molecule has 1 fully saturated rings. The van der Waals surface area contributed by atoms with Crippen LogP contribution in [0.1, 0.15) is 47.6 Å². The molecule has 2 aromatic carbocycles. The van der Waals surface area contributed by atoms with Gasteiger partial charge in [0.15, 0.2) is 0 Å². The molecule has 102 valence electrons. The molecule has 0 radical (unpaired) electrons. The first-order valence-corrected chi connectivity index (χ1v) is 7.81. The Morgan fingerprint density at radius 2 is 1.45 bits per heavy atom. The molecule has 4 rings (SSSR count). The van der Waals surface area contributed by atoms with Crippen molar-refractivity contribution in [3.8, 4) is 0 Å². The van der Waals surface area contributed by atoms with Crippen molar-refractivity contribution in [1.82, 2.24) is 5.32 Å². The topological polar surface area (TPSA) is 12.0 Å². The van der Waals surface area contributed by atoms with Gasteiger partial charge < -0.3 is 5.32 Å². The van der Waals surface area contributed by atoms with Gasteiger partial charge in [-0.05, 0) is 47.6 Å². The first kappa shape index (κ1) is 12.2. The second-order valence-corrected chi connectivity index (χ2v) is 6.19. The summed E-state index contributed by atoms with van der Waals surface area (Å²) in [6.07, 6.45) is 5.30. The Labute approximate surface area is 121 Å². The molecule has 1 N–H and O–H groups in total. The van der Waals surface area contributed by atoms with Crippen molar-refractivity contribution in [2.75, 3.05) is 6.54 Å². The summed E-state index contributed by atoms with van der Waals surface area (Å²) >= 11 is 0. The molecule has 0 heterocycles. The Balaban J connectivity index is 1.64. The highest BCUT2D eigenvalue weighted by atomic mass is 14.9. The molecule has 0 bridgehead atoms. The van der Waals surface area contributed by atoms with E-state index in [-0.39, 0.29) is 0 Å². The highest BCUT2D eigenvalue weighted by Crippen LogP contribution is 2.36. The molecule has 0 atom stereocenters. The van der Waals surface area contributed by atoms with Crippen LogP contribution in [0.15, 0.2) is 48.5 Å². The van der Waals surface area contributed by atoms with E-state index in [4.69, 9.17) is 0 Å². The smallest absolute Gasteiger partial charge is 0.0582 e. The average Bonchev–Trinajstić information content (AvgIpc) is 3.31. The number of benzene rings is 2. The Hall–Kier alpha value is -1.60. The summed E-state index contributed by atoms with van der Waals surface area (Å²) in [5, 5.41) is 3.81. The molecule has 20 heavy (non-hydrogen) atoms. The summed E-state index contributed by atoms with van der Waals surface area (Å²) in [7, 11) is 0. The third kappa shape index (κ3) is 2.27. The van der Waals surface area contributed by atoms with E-state index in [1.807, 2.05) is 0 Å². The van der Waals surface area contributed by atoms with Crippen molar-refractivity contribution >= 4 is 0 Å². The fraction of sp³-hybridized carbons (Fsp3) is 0.368. The zero-order chi connectivity index (χ0) is 13.4. The lowest BCUT2D eigenvalue weighted by atomic mass is 9.82. The van der Waals surface area contributed by atoms with Gasteiger partial charge in [-0.1, -0.05) is 61.4 Å². The normalized spacial score (nSPS) is 17.6. The minimum absolute atomic E-state index is 0.384. The van der Waals surface area contributed by atoms with Gasteiger partial charge in [0.2, 0.25) is 0 Å². The van der Waals surface area contributed by atoms with Gasteiger partial charge in [-0.15, -0.1) is 0 Å². The Kier molecular flexibility index (Phi) is 3.08. The number of nitrogens with one attached hydrogen (secondary N) is 1. The van der Waals surface area contributed by atoms with Gasteiger partial charge in [0.25, 0.3) is 0 Å². The molecule has 0 aliphatic heterocycles. The van der Waals surface area contributed by atoms with Gasteiger partial charge >= 0.3 is 0 Å². The maximum absolute atomic E-state index is 3.81. The Morgan fingerprint density at radius 1 is 0.850 bits per heavy atom. The fourth-order valence-electron chi connectivity index (χ4n) is 3.38. The first-order chi connectivity index (χ1) is 9.92. The Morgan fingerprint density at radius 3 is 2.05 bits per heavy atom. The molecule has 0 unspecified atom stereocenters. The molecule has 1 saturated carbocycles. The van der Waals surface area contributed by atoms with Crippen LogP contribution >= 0.6 is 0 Å². The van der Waals surface area contributed by atoms with Crippen LogP contribution < -0.4 is 5.32 Å². The minimum atomic E-state index is 0.384. The van der Waals surface area contributed by atoms with Gasteiger partial charge in [-0.25, -0.2) is 0 Å². The number of hydrogen-bond donors (Lipinski definition) is 1. The van der Waals surface area contributed by atoms with E-state index >= 15 is 0 Å². The lowest BCUT2D eigenvalue weighted by Crippen LogP contribution is -2.28. The van der Waals surface area contributed by atoms with Crippen LogP contribution in [0.3, 0.4) is 0 Å². The largest absolute Gasteiger partial charge is 0.306 e. The SMILES string of the molecule is c1ccc2c(c1)Cc1ccccc1C2NCCC1CC1. The molecular weight excluding hydrogens is 242 g/mol. The molecule has 1 heteroatoms. The minimum Gasteiger partial charge on any atom is -0.306 e. The summed E-state index contributed by atoms with van der Waals surface area (Å²) in [4.78, 5) is 0. The molecule has 0 amide bonds. The van der Waals surface area contributed by atoms with E-state index in [1.165, 1.54) is 41.5 Å². The molecule has 2 aromatic rings. The highest BCUT2D eigenvalue weighted by molar-refractivity contribution is 5.48. The lowest BCUT2D eigenvalue weighted by Gasteiger charge is -2.29. The Bertz CT molecular complexity index is 567. The van der Waals surface area contributed by atoms with E-state index < -0.39 is 0 Å². The third-order valence-corrected chi connectivity index (χ3v) is 4.71. The van der Waals surface area contributed by atoms with Crippen LogP contribution in [-0.2, 0) is 6.42 Å². The van der Waals surface area contributed by atoms with E-state index in [2.05, 4.69) is 53.8 Å². The fourth-order valence-corrected chi connectivity index (χ4v) is 3.38. The van der Waals surface area contributed by atoms with Crippen LogP contribution in [0.25, 0.3) is 0 Å². The second kappa shape index (κ2) is 5.06. The third-order valence-electron chi connectivity index (χ3n) is 4.71. The predicted octanol–water partition coefficient (Wildman–Crippen LogP) is 4.07. The standard InChI is InChI=1S/C19H21N/c1-3-7-17-15(5-1)13-16-6-2-4-8-18(16)19(17)20-12-11-14-9-10-14/h1-8,14,19-20H,9-13H2. The van der Waals surface area contributed by atoms with Crippen LogP contribution in [0, 0.1) is 5.92 Å². The monoisotopic (exact) mass is 263 g/mol. The zero-order valence-corrected chi connectivity index (χ0v) is 11.8. The molecule has 0 aromatic heterocycles. The van der Waals surface area contributed by atoms with Crippen molar-refractivity contribution < 1.29 is 0 Å². The molecule has 2 aliphatic carbocycles. The van der Waals surface area contributed by atoms with Gasteiger partial charge in [0.05, 0.1) is 6.04 Å². The van der Waals surface area contributed by atoms with Crippen molar-refractivity contribution in [3.05, 3.63) is 70.8 Å². The first-order valence-electron chi connectivity index (χ1n) is 7.81. The zero-order valence-electron chi connectivity index (χ0n) is 11.8. The van der Waals surface area contributed by atoms with Crippen molar-refractivity contribution in [1.29, 1.82) is 0 Å². The second-order valence-electron chi connectivity index (χ2n) is 6.19. The molecule has 0 spiro atoms. The number of fused-ring (bicyclic) bond motifs is 2. The van der Waals surface area contributed by atoms with Crippen LogP contribution in [0.5, 0.6) is 0 Å². The number of hydrogen-bond acceptors (Lipinski definition) is 1. The highest BCUT2D eigenvalue weighted by Gasteiger charge is 2.25. The van der Waals surface area contributed by atoms with Gasteiger partial charge in [0.1, 0.15) is 0 Å². The summed E-state index contributed by atoms with van der Waals surface area (Å²) in [5.41, 5.74) is 5.91. The van der Waals surface area contributed by atoms with Crippen LogP contribution in [-0.4, -0.2) is 6.54 Å². The molecule has 2 aliphatic rings. The maximum atomic E-state index is 3.81. The average molecular weight is 263 g/mol. The number of rotatable bonds is 4. The van der Waals surface area contributed by atoms with Crippen LogP contribution in [0.4, 0.5) is 0 Å². The van der Waals surface area contributed by atoms with E-state index in [0.717, 1.165) is 18.9 Å². The quantitative estimate of drug-likeness (QED) is 0.876. The van der Waals surface area contributed by atoms with E-state index in [1.54, 1.807) is 0 Å². The summed E-state index contributed by atoms with van der Waals surface area (Å²) in [6, 6.07) is 18.2. The maximum Gasteiger partial charge on any atom is 0.0582 e. The van der Waals surface area contributed by atoms with Gasteiger partial charge in [0, 0.05) is 0 Å². The van der Waals surface area contributed by atoms with Gasteiger partial charge in [-0.2, -0.15) is 0 Å². The summed E-state index contributed by atoms with van der Waals surface area (Å²) in [6.45, 7) is 1.14. The van der Waals surface area contributed by atoms with E-state index in [9.17, 15) is 0 Å². The lowest BCUT2D eigenvalue weighted by molar-refractivity contribution is 0.550. The van der Waals surface area contributed by atoms with Crippen molar-refractivity contribution in [2.24, 2.45) is 5.92 Å². The van der Waals surface area contributed by atoms with Crippen LogP contribution in [0.2, 0.25) is 0 Å². The summed E-state index contributed by atoms with van der Waals surface area (Å²) < 4.78 is 0. The van der Waals surface area contributed by atoms with E-state index in [0.29, 0.717) is 6.04 Å². The summed E-state index contributed by atoms with van der Waals surface area (Å²) in [5.74, 6) is 0.997. The van der Waals surface area contributed by atoms with Gasteiger partial charge in [-0.3, -0.25) is 0 Å². The predicted molar refractivity (Wildman–Crippen MR) is 82.9 cm³/mol. The molecular formula is C19H21N.